The number of hydrogen-bond donors (Lipinski definition) is 2. The Kier molecular flexibility index (Phi) is 5.35. The van der Waals surface area contributed by atoms with Crippen molar-refractivity contribution in [2.24, 2.45) is 0 Å². The van der Waals surface area contributed by atoms with Gasteiger partial charge in [0.15, 0.2) is 11.9 Å². The molecule has 0 unspecified atom stereocenters. The smallest absolute Gasteiger partial charge is 0.355 e. The van der Waals surface area contributed by atoms with Crippen LogP contribution in [0.4, 0.5) is 10.1 Å². The minimum absolute atomic E-state index is 0.0599. The van der Waals surface area contributed by atoms with E-state index in [4.69, 9.17) is 16.3 Å². The molecule has 1 aromatic heterocycles. The van der Waals surface area contributed by atoms with Gasteiger partial charge in [-0.3, -0.25) is 9.59 Å². The van der Waals surface area contributed by atoms with E-state index in [2.05, 4.69) is 10.3 Å². The van der Waals surface area contributed by atoms with Crippen LogP contribution in [0.2, 0.25) is 5.02 Å². The van der Waals surface area contributed by atoms with Crippen LogP contribution < -0.4 is 5.32 Å². The highest BCUT2D eigenvalue weighted by molar-refractivity contribution is 6.31. The molecule has 1 amide bonds. The zero-order chi connectivity index (χ0) is 17.9. The summed E-state index contributed by atoms with van der Waals surface area (Å²) >= 11 is 5.63. The Hall–Kier alpha value is -2.67. The SMILES string of the molecule is CC(=O)c1c[nH]c(C(=O)O[C@H](C)C(=O)Nc2ccc(F)c(Cl)c2)c1. The first-order valence-corrected chi connectivity index (χ1v) is 7.32. The van der Waals surface area contributed by atoms with Crippen molar-refractivity contribution in [2.75, 3.05) is 5.32 Å². The summed E-state index contributed by atoms with van der Waals surface area (Å²) < 4.78 is 18.1. The van der Waals surface area contributed by atoms with E-state index in [-0.39, 0.29) is 22.2 Å². The van der Waals surface area contributed by atoms with Crippen LogP contribution in [0.3, 0.4) is 0 Å². The molecule has 126 valence electrons. The Labute approximate surface area is 142 Å². The highest BCUT2D eigenvalue weighted by Crippen LogP contribution is 2.19. The number of benzene rings is 1. The Bertz CT molecular complexity index is 803. The summed E-state index contributed by atoms with van der Waals surface area (Å²) in [6.45, 7) is 2.75. The summed E-state index contributed by atoms with van der Waals surface area (Å²) in [5, 5.41) is 2.32. The monoisotopic (exact) mass is 352 g/mol. The van der Waals surface area contributed by atoms with Gasteiger partial charge in [-0.15, -0.1) is 0 Å². The minimum atomic E-state index is -1.11. The molecular weight excluding hydrogens is 339 g/mol. The topological polar surface area (TPSA) is 88.3 Å². The second-order valence-electron chi connectivity index (χ2n) is 5.02. The van der Waals surface area contributed by atoms with Gasteiger partial charge in [-0.1, -0.05) is 11.6 Å². The Morgan fingerprint density at radius 1 is 1.29 bits per heavy atom. The molecule has 2 aromatic rings. The molecule has 0 aliphatic heterocycles. The summed E-state index contributed by atoms with van der Waals surface area (Å²) in [5.41, 5.74) is 0.665. The van der Waals surface area contributed by atoms with Crippen LogP contribution in [0.5, 0.6) is 0 Å². The van der Waals surface area contributed by atoms with Gasteiger partial charge in [0.1, 0.15) is 11.5 Å². The lowest BCUT2D eigenvalue weighted by Gasteiger charge is -2.13. The van der Waals surface area contributed by atoms with Crippen LogP contribution in [0.15, 0.2) is 30.5 Å². The van der Waals surface area contributed by atoms with Gasteiger partial charge in [0, 0.05) is 17.4 Å². The number of ketones is 1. The molecule has 0 radical (unpaired) electrons. The zero-order valence-corrected chi connectivity index (χ0v) is 13.6. The average molecular weight is 353 g/mol. The third-order valence-electron chi connectivity index (χ3n) is 3.15. The third-order valence-corrected chi connectivity index (χ3v) is 3.44. The molecule has 1 aromatic carbocycles. The molecule has 2 N–H and O–H groups in total. The van der Waals surface area contributed by atoms with Crippen molar-refractivity contribution in [2.45, 2.75) is 20.0 Å². The summed E-state index contributed by atoms with van der Waals surface area (Å²) in [5.74, 6) is -2.20. The van der Waals surface area contributed by atoms with Crippen molar-refractivity contribution in [3.8, 4) is 0 Å². The standard InChI is InChI=1S/C16H14ClFN2O4/c1-8(21)10-5-14(19-7-10)16(23)24-9(2)15(22)20-11-3-4-13(18)12(17)6-11/h3-7,9,19H,1-2H3,(H,20,22)/t9-/m1/s1. The van der Waals surface area contributed by atoms with Gasteiger partial charge in [0.25, 0.3) is 5.91 Å². The van der Waals surface area contributed by atoms with E-state index in [1.807, 2.05) is 0 Å². The van der Waals surface area contributed by atoms with Crippen molar-refractivity contribution in [1.29, 1.82) is 0 Å². The van der Waals surface area contributed by atoms with E-state index < -0.39 is 23.8 Å². The quantitative estimate of drug-likeness (QED) is 0.639. The van der Waals surface area contributed by atoms with Gasteiger partial charge in [-0.25, -0.2) is 9.18 Å². The molecule has 1 heterocycles. The first kappa shape index (κ1) is 17.7. The number of ether oxygens (including phenoxy) is 1. The first-order valence-electron chi connectivity index (χ1n) is 6.94. The highest BCUT2D eigenvalue weighted by Gasteiger charge is 2.20. The lowest BCUT2D eigenvalue weighted by Crippen LogP contribution is -2.30. The molecule has 8 heteroatoms. The van der Waals surface area contributed by atoms with Gasteiger partial charge in [0.05, 0.1) is 5.02 Å². The number of Topliss-reactive ketones (excluding diaryl/α,β-unsaturated/α-hetero) is 1. The molecule has 1 atom stereocenters. The summed E-state index contributed by atoms with van der Waals surface area (Å²) in [6, 6.07) is 5.02. The predicted octanol–water partition coefficient (Wildman–Crippen LogP) is 3.19. The van der Waals surface area contributed by atoms with Crippen molar-refractivity contribution < 1.29 is 23.5 Å². The maximum Gasteiger partial charge on any atom is 0.355 e. The van der Waals surface area contributed by atoms with Crippen molar-refractivity contribution >= 4 is 34.9 Å². The molecule has 0 saturated carbocycles. The number of halogens is 2. The average Bonchev–Trinajstić information content (AvgIpc) is 3.01. The number of anilines is 1. The Balaban J connectivity index is 1.98. The number of amides is 1. The zero-order valence-electron chi connectivity index (χ0n) is 12.9. The molecule has 0 aliphatic rings. The van der Waals surface area contributed by atoms with Crippen LogP contribution in [0.25, 0.3) is 0 Å². The number of nitrogens with one attached hydrogen (secondary N) is 2. The van der Waals surface area contributed by atoms with Crippen LogP contribution in [-0.4, -0.2) is 28.7 Å². The van der Waals surface area contributed by atoms with Crippen LogP contribution in [-0.2, 0) is 9.53 Å². The normalized spacial score (nSPS) is 11.7. The fourth-order valence-corrected chi connectivity index (χ4v) is 1.99. The second-order valence-corrected chi connectivity index (χ2v) is 5.43. The van der Waals surface area contributed by atoms with Gasteiger partial charge < -0.3 is 15.0 Å². The molecule has 0 bridgehead atoms. The maximum atomic E-state index is 13.1. The number of rotatable bonds is 5. The molecule has 6 nitrogen and oxygen atoms in total. The number of hydrogen-bond acceptors (Lipinski definition) is 4. The van der Waals surface area contributed by atoms with Crippen molar-refractivity contribution in [1.82, 2.24) is 4.98 Å². The minimum Gasteiger partial charge on any atom is -0.448 e. The van der Waals surface area contributed by atoms with E-state index in [9.17, 15) is 18.8 Å². The molecule has 24 heavy (non-hydrogen) atoms. The number of aromatic amines is 1. The largest absolute Gasteiger partial charge is 0.448 e. The number of carbonyl (C=O) groups is 3. The maximum absolute atomic E-state index is 13.1. The molecular formula is C16H14ClFN2O4. The summed E-state index contributed by atoms with van der Waals surface area (Å²) in [7, 11) is 0. The molecule has 0 saturated heterocycles. The van der Waals surface area contributed by atoms with Crippen molar-refractivity contribution in [3.63, 3.8) is 0 Å². The third kappa shape index (κ3) is 4.20. The fraction of sp³-hybridized carbons (Fsp3) is 0.188. The fourth-order valence-electron chi connectivity index (χ4n) is 1.81. The van der Waals surface area contributed by atoms with E-state index in [0.717, 1.165) is 6.07 Å². The van der Waals surface area contributed by atoms with Gasteiger partial charge in [-0.05, 0) is 38.1 Å². The van der Waals surface area contributed by atoms with Crippen LogP contribution >= 0.6 is 11.6 Å². The van der Waals surface area contributed by atoms with E-state index in [1.165, 1.54) is 38.2 Å². The molecule has 0 fully saturated rings. The molecule has 0 aliphatic carbocycles. The highest BCUT2D eigenvalue weighted by atomic mass is 35.5. The number of H-pyrrole nitrogens is 1. The number of esters is 1. The number of aromatic nitrogens is 1. The van der Waals surface area contributed by atoms with Crippen molar-refractivity contribution in [3.05, 3.63) is 52.6 Å². The van der Waals surface area contributed by atoms with Crippen LogP contribution in [0.1, 0.15) is 34.7 Å². The summed E-state index contributed by atoms with van der Waals surface area (Å²) in [6.07, 6.45) is 0.273. The first-order chi connectivity index (χ1) is 11.3. The Morgan fingerprint density at radius 2 is 2.00 bits per heavy atom. The Morgan fingerprint density at radius 3 is 2.58 bits per heavy atom. The summed E-state index contributed by atoms with van der Waals surface area (Å²) in [4.78, 5) is 37.7. The molecule has 0 spiro atoms. The molecule has 2 rings (SSSR count). The van der Waals surface area contributed by atoms with Gasteiger partial charge >= 0.3 is 5.97 Å². The van der Waals surface area contributed by atoms with Gasteiger partial charge in [0.2, 0.25) is 0 Å². The van der Waals surface area contributed by atoms with E-state index in [0.29, 0.717) is 5.56 Å². The van der Waals surface area contributed by atoms with E-state index >= 15 is 0 Å². The lowest BCUT2D eigenvalue weighted by molar-refractivity contribution is -0.123. The van der Waals surface area contributed by atoms with E-state index in [1.54, 1.807) is 0 Å². The lowest BCUT2D eigenvalue weighted by atomic mass is 10.2. The second kappa shape index (κ2) is 7.27. The number of carbonyl (C=O) groups excluding carboxylic acids is 3. The predicted molar refractivity (Wildman–Crippen MR) is 85.7 cm³/mol. The van der Waals surface area contributed by atoms with Crippen LogP contribution in [0, 0.1) is 5.82 Å². The van der Waals surface area contributed by atoms with Gasteiger partial charge in [-0.2, -0.15) is 0 Å².